The van der Waals surface area contributed by atoms with Crippen molar-refractivity contribution in [2.75, 3.05) is 19.6 Å². The zero-order valence-corrected chi connectivity index (χ0v) is 17.1. The van der Waals surface area contributed by atoms with Gasteiger partial charge in [0.05, 0.1) is 13.3 Å². The van der Waals surface area contributed by atoms with Gasteiger partial charge in [-0.2, -0.15) is 9.78 Å². The Bertz CT molecular complexity index is 1360. The zero-order valence-electron chi connectivity index (χ0n) is 17.1. The number of fused-ring (bicyclic) bond motifs is 1. The summed E-state index contributed by atoms with van der Waals surface area (Å²) in [5.74, 6) is 1.29. The van der Waals surface area contributed by atoms with Crippen LogP contribution >= 0.6 is 0 Å². The maximum absolute atomic E-state index is 12.9. The number of benzene rings is 2. The molecule has 5 rings (SSSR count). The lowest BCUT2D eigenvalue weighted by Crippen LogP contribution is -2.19. The molecule has 0 atom stereocenters. The summed E-state index contributed by atoms with van der Waals surface area (Å²) in [6.45, 7) is 0.168. The Morgan fingerprint density at radius 2 is 2.09 bits per heavy atom. The van der Waals surface area contributed by atoms with Crippen LogP contribution in [0, 0.1) is 0 Å². The van der Waals surface area contributed by atoms with E-state index in [9.17, 15) is 4.79 Å². The number of hydrazone groups is 1. The molecule has 1 aliphatic rings. The summed E-state index contributed by atoms with van der Waals surface area (Å²) in [4.78, 5) is 12.9. The van der Waals surface area contributed by atoms with Gasteiger partial charge < -0.3 is 19.9 Å². The number of methoxy groups -OCH3 is 1. The largest absolute Gasteiger partial charge is 0.497 e. The van der Waals surface area contributed by atoms with E-state index in [1.807, 2.05) is 0 Å². The molecule has 3 N–H and O–H groups in total. The number of amides is 1. The average Bonchev–Trinajstić information content (AvgIpc) is 3.57. The molecule has 0 spiro atoms. The molecule has 2 aromatic carbocycles. The highest BCUT2D eigenvalue weighted by Gasteiger charge is 2.25. The summed E-state index contributed by atoms with van der Waals surface area (Å²) in [7, 11) is 1.53. The van der Waals surface area contributed by atoms with Crippen LogP contribution in [0.25, 0.3) is 17.1 Å². The molecule has 13 nitrogen and oxygen atoms in total. The van der Waals surface area contributed by atoms with Crippen LogP contribution in [-0.4, -0.2) is 51.3 Å². The fraction of sp³-hybridized carbons (Fsp3) is 0.100. The molecular weight excluding hydrogens is 432 g/mol. The first-order valence-electron chi connectivity index (χ1n) is 9.55. The molecule has 0 saturated carbocycles. The van der Waals surface area contributed by atoms with Crippen molar-refractivity contribution in [2.24, 2.45) is 5.10 Å². The summed E-state index contributed by atoms with van der Waals surface area (Å²) >= 11 is 0. The van der Waals surface area contributed by atoms with E-state index >= 15 is 0 Å². The number of carbonyl (C=O) groups is 1. The number of hydrogen-bond acceptors (Lipinski definition) is 11. The van der Waals surface area contributed by atoms with Gasteiger partial charge in [0, 0.05) is 5.56 Å². The van der Waals surface area contributed by atoms with Gasteiger partial charge in [-0.3, -0.25) is 4.79 Å². The molecule has 166 valence electrons. The Kier molecular flexibility index (Phi) is 5.03. The molecule has 1 aliphatic heterocycles. The second kappa shape index (κ2) is 8.30. The lowest BCUT2D eigenvalue weighted by Gasteiger charge is -2.07. The topological polar surface area (TPSA) is 165 Å². The highest BCUT2D eigenvalue weighted by molar-refractivity contribution is 5.99. The average molecular weight is 448 g/mol. The van der Waals surface area contributed by atoms with Crippen molar-refractivity contribution >= 4 is 17.9 Å². The predicted octanol–water partition coefficient (Wildman–Crippen LogP) is 1.40. The van der Waals surface area contributed by atoms with Crippen LogP contribution in [0.15, 0.2) is 52.2 Å². The van der Waals surface area contributed by atoms with Crippen molar-refractivity contribution in [3.63, 3.8) is 0 Å². The number of nitrogens with zero attached hydrogens (tertiary/aromatic N) is 6. The lowest BCUT2D eigenvalue weighted by atomic mass is 10.1. The second-order valence-corrected chi connectivity index (χ2v) is 6.72. The number of rotatable bonds is 6. The molecule has 33 heavy (non-hydrogen) atoms. The minimum Gasteiger partial charge on any atom is -0.497 e. The highest BCUT2D eigenvalue weighted by atomic mass is 16.7. The first-order valence-corrected chi connectivity index (χ1v) is 9.55. The minimum atomic E-state index is -0.605. The number of nitrogens with two attached hydrogens (primary N) is 1. The Balaban J connectivity index is 1.46. The molecule has 3 heterocycles. The van der Waals surface area contributed by atoms with Crippen LogP contribution in [0.2, 0.25) is 0 Å². The van der Waals surface area contributed by atoms with E-state index in [-0.39, 0.29) is 24.1 Å². The van der Waals surface area contributed by atoms with E-state index < -0.39 is 5.91 Å². The van der Waals surface area contributed by atoms with Crippen molar-refractivity contribution in [3.8, 4) is 34.3 Å². The Hall–Kier alpha value is -4.94. The number of hydrogen-bond donors (Lipinski definition) is 2. The van der Waals surface area contributed by atoms with E-state index in [2.05, 4.69) is 35.8 Å². The third-order valence-corrected chi connectivity index (χ3v) is 4.70. The van der Waals surface area contributed by atoms with Gasteiger partial charge in [-0.15, -0.1) is 5.10 Å². The minimum absolute atomic E-state index is 0.0168. The Morgan fingerprint density at radius 3 is 2.91 bits per heavy atom. The smallest absolute Gasteiger partial charge is 0.294 e. The molecule has 2 aromatic heterocycles. The number of carbonyl (C=O) groups excluding carboxylic acids is 1. The van der Waals surface area contributed by atoms with Crippen LogP contribution in [-0.2, 0) is 0 Å². The molecule has 0 saturated heterocycles. The maximum Gasteiger partial charge on any atom is 0.294 e. The van der Waals surface area contributed by atoms with Gasteiger partial charge >= 0.3 is 0 Å². The highest BCUT2D eigenvalue weighted by Crippen LogP contribution is 2.32. The van der Waals surface area contributed by atoms with E-state index in [1.165, 1.54) is 18.0 Å². The Labute approximate surface area is 185 Å². The van der Waals surface area contributed by atoms with E-state index in [0.29, 0.717) is 34.1 Å². The molecule has 0 fully saturated rings. The Morgan fingerprint density at radius 1 is 1.21 bits per heavy atom. The van der Waals surface area contributed by atoms with Crippen LogP contribution < -0.4 is 25.4 Å². The van der Waals surface area contributed by atoms with Gasteiger partial charge in [0.25, 0.3) is 5.91 Å². The van der Waals surface area contributed by atoms with Crippen molar-refractivity contribution in [3.05, 3.63) is 53.7 Å². The van der Waals surface area contributed by atoms with Gasteiger partial charge in [-0.05, 0) is 46.2 Å². The standard InChI is InChI=1S/C20H16N8O5/c1-30-13-4-2-3-12(8-13)17-16(23-27-28(17)19-18(21)25-33-26-19)20(29)24-22-9-11-5-6-14-15(7-11)32-10-31-14/h2-9H,10H2,1H3,(H2,21,25)(H,24,29)/b22-9-. The number of aromatic nitrogens is 5. The van der Waals surface area contributed by atoms with E-state index in [1.54, 1.807) is 42.5 Å². The van der Waals surface area contributed by atoms with Crippen molar-refractivity contribution in [2.45, 2.75) is 0 Å². The van der Waals surface area contributed by atoms with Gasteiger partial charge in [0.15, 0.2) is 17.2 Å². The molecule has 0 radical (unpaired) electrons. The normalized spacial score (nSPS) is 12.3. The lowest BCUT2D eigenvalue weighted by molar-refractivity contribution is 0.0950. The molecule has 0 aliphatic carbocycles. The van der Waals surface area contributed by atoms with Gasteiger partial charge in [0.1, 0.15) is 11.4 Å². The second-order valence-electron chi connectivity index (χ2n) is 6.72. The number of nitrogen functional groups attached to an aromatic ring is 1. The zero-order chi connectivity index (χ0) is 22.8. The van der Waals surface area contributed by atoms with Crippen molar-refractivity contribution in [1.82, 2.24) is 30.7 Å². The first-order chi connectivity index (χ1) is 16.1. The van der Waals surface area contributed by atoms with Crippen LogP contribution in [0.1, 0.15) is 16.1 Å². The summed E-state index contributed by atoms with van der Waals surface area (Å²) < 4.78 is 21.8. The summed E-state index contributed by atoms with van der Waals surface area (Å²) in [5, 5.41) is 19.3. The molecule has 0 unspecified atom stereocenters. The summed E-state index contributed by atoms with van der Waals surface area (Å²) in [6.07, 6.45) is 1.47. The fourth-order valence-corrected chi connectivity index (χ4v) is 3.16. The SMILES string of the molecule is COc1cccc(-c2c(C(=O)N/N=C\c3ccc4c(c3)OCO4)nnn2-c2nonc2N)c1. The van der Waals surface area contributed by atoms with Gasteiger partial charge in [-0.25, -0.2) is 10.1 Å². The summed E-state index contributed by atoms with van der Waals surface area (Å²) in [6, 6.07) is 12.3. The van der Waals surface area contributed by atoms with E-state index in [4.69, 9.17) is 19.9 Å². The maximum atomic E-state index is 12.9. The van der Waals surface area contributed by atoms with Crippen LogP contribution in [0.3, 0.4) is 0 Å². The summed E-state index contributed by atoms with van der Waals surface area (Å²) in [5.41, 5.74) is 9.83. The monoisotopic (exact) mass is 448 g/mol. The first kappa shape index (κ1) is 20.0. The molecule has 0 bridgehead atoms. The molecule has 1 amide bonds. The molecule has 4 aromatic rings. The number of anilines is 1. The fourth-order valence-electron chi connectivity index (χ4n) is 3.16. The van der Waals surface area contributed by atoms with Crippen LogP contribution in [0.5, 0.6) is 17.2 Å². The van der Waals surface area contributed by atoms with Crippen molar-refractivity contribution in [1.29, 1.82) is 0 Å². The number of nitrogens with one attached hydrogen (secondary N) is 1. The third kappa shape index (κ3) is 3.78. The predicted molar refractivity (Wildman–Crippen MR) is 113 cm³/mol. The quantitative estimate of drug-likeness (QED) is 0.325. The number of ether oxygens (including phenoxy) is 3. The van der Waals surface area contributed by atoms with Gasteiger partial charge in [0.2, 0.25) is 18.4 Å². The third-order valence-electron chi connectivity index (χ3n) is 4.70. The van der Waals surface area contributed by atoms with E-state index in [0.717, 1.165) is 0 Å². The van der Waals surface area contributed by atoms with Gasteiger partial charge in [-0.1, -0.05) is 17.3 Å². The van der Waals surface area contributed by atoms with Crippen LogP contribution in [0.4, 0.5) is 5.82 Å². The molecular formula is C20H16N8O5. The van der Waals surface area contributed by atoms with Crippen molar-refractivity contribution < 1.29 is 23.6 Å². The molecule has 13 heteroatoms.